The molecule has 0 radical (unpaired) electrons. The number of carbonyl (C=O) groups is 3. The highest BCUT2D eigenvalue weighted by Gasteiger charge is 2.46. The summed E-state index contributed by atoms with van der Waals surface area (Å²) in [5.74, 6) is -3.47. The fourth-order valence-corrected chi connectivity index (χ4v) is 6.57. The second-order valence-electron chi connectivity index (χ2n) is 10.6. The summed E-state index contributed by atoms with van der Waals surface area (Å²) in [6.07, 6.45) is 1.71. The molecule has 11 nitrogen and oxygen atoms in total. The Hall–Kier alpha value is -3.42. The third-order valence-corrected chi connectivity index (χ3v) is 8.68. The molecule has 13 heteroatoms. The van der Waals surface area contributed by atoms with Crippen LogP contribution in [0.15, 0.2) is 46.0 Å². The molecule has 0 saturated carbocycles. The van der Waals surface area contributed by atoms with Crippen LogP contribution in [0.25, 0.3) is 11.0 Å². The summed E-state index contributed by atoms with van der Waals surface area (Å²) in [6, 6.07) is 2.44. The van der Waals surface area contributed by atoms with Crippen LogP contribution >= 0.6 is 0 Å². The number of aliphatic imine (C=N–C) groups is 1. The van der Waals surface area contributed by atoms with Gasteiger partial charge in [0.25, 0.3) is 21.8 Å². The van der Waals surface area contributed by atoms with Crippen molar-refractivity contribution in [2.24, 2.45) is 10.9 Å². The van der Waals surface area contributed by atoms with E-state index in [1.54, 1.807) is 13.8 Å². The van der Waals surface area contributed by atoms with Crippen molar-refractivity contribution in [3.8, 4) is 0 Å². The Morgan fingerprint density at radius 2 is 2.02 bits per heavy atom. The molecule has 4 rings (SSSR count). The number of hydrogen-bond acceptors (Lipinski definition) is 9. The van der Waals surface area contributed by atoms with Crippen molar-refractivity contribution in [1.29, 1.82) is 0 Å². The third kappa shape index (κ3) is 6.31. The van der Waals surface area contributed by atoms with E-state index in [0.29, 0.717) is 16.1 Å². The van der Waals surface area contributed by atoms with Crippen LogP contribution in [0.4, 0.5) is 4.39 Å². The molecule has 1 aromatic heterocycles. The SMILES string of the molecule is CC(C)C[C@H](NC(=O)c1cc2cc(F)ccc2o1)C(=O)N([C@H]1CC[C@@H](C)NC[C@@H]1O)S(=O)(=O)C1=NC=CCC1=O. The number of aliphatic hydroxyl groups excluding tert-OH is 1. The number of rotatable bonds is 6. The minimum atomic E-state index is -4.82. The van der Waals surface area contributed by atoms with Crippen molar-refractivity contribution in [3.63, 3.8) is 0 Å². The molecule has 1 aromatic carbocycles. The topological polar surface area (TPSA) is 158 Å². The summed E-state index contributed by atoms with van der Waals surface area (Å²) in [5.41, 5.74) is 0.257. The van der Waals surface area contributed by atoms with Crippen LogP contribution in [0.1, 0.15) is 57.0 Å². The number of amides is 2. The predicted molar refractivity (Wildman–Crippen MR) is 145 cm³/mol. The fourth-order valence-electron chi connectivity index (χ4n) is 4.85. The molecule has 2 aromatic rings. The number of fused-ring (bicyclic) bond motifs is 1. The van der Waals surface area contributed by atoms with Crippen molar-refractivity contribution in [1.82, 2.24) is 14.9 Å². The number of β-amino-alcohol motifs (C(OH)–C–C–N with tert-alkyl or cyclic N) is 1. The average Bonchev–Trinajstić information content (AvgIpc) is 3.24. The lowest BCUT2D eigenvalue weighted by molar-refractivity contribution is -0.132. The van der Waals surface area contributed by atoms with Crippen LogP contribution in [0, 0.1) is 11.7 Å². The molecule has 216 valence electrons. The summed E-state index contributed by atoms with van der Waals surface area (Å²) < 4.78 is 47.5. The molecule has 3 heterocycles. The molecule has 1 fully saturated rings. The third-order valence-electron chi connectivity index (χ3n) is 6.89. The molecule has 1 saturated heterocycles. The fraction of sp³-hybridized carbons (Fsp3) is 0.481. The van der Waals surface area contributed by atoms with Crippen molar-refractivity contribution < 1.29 is 36.7 Å². The number of hydrogen-bond donors (Lipinski definition) is 3. The van der Waals surface area contributed by atoms with E-state index >= 15 is 0 Å². The van der Waals surface area contributed by atoms with E-state index in [9.17, 15) is 32.3 Å². The lowest BCUT2D eigenvalue weighted by Crippen LogP contribution is -2.59. The second kappa shape index (κ2) is 12.0. The van der Waals surface area contributed by atoms with Gasteiger partial charge in [0, 0.05) is 30.6 Å². The van der Waals surface area contributed by atoms with Gasteiger partial charge in [0.2, 0.25) is 5.04 Å². The number of sulfonamides is 1. The summed E-state index contributed by atoms with van der Waals surface area (Å²) in [7, 11) is -4.82. The first-order valence-corrected chi connectivity index (χ1v) is 14.6. The monoisotopic (exact) mass is 576 g/mol. The molecule has 0 spiro atoms. The van der Waals surface area contributed by atoms with Gasteiger partial charge >= 0.3 is 0 Å². The molecule has 2 aliphatic rings. The number of ketones is 1. The van der Waals surface area contributed by atoms with Crippen LogP contribution in [-0.2, 0) is 19.6 Å². The van der Waals surface area contributed by atoms with Gasteiger partial charge in [0.05, 0.1) is 12.1 Å². The van der Waals surface area contributed by atoms with Gasteiger partial charge in [-0.3, -0.25) is 14.4 Å². The Balaban J connectivity index is 1.73. The smallest absolute Gasteiger partial charge is 0.288 e. The van der Waals surface area contributed by atoms with Gasteiger partial charge in [-0.1, -0.05) is 19.9 Å². The Morgan fingerprint density at radius 3 is 2.73 bits per heavy atom. The number of aliphatic hydroxyl groups is 1. The number of benzene rings is 1. The average molecular weight is 577 g/mol. The molecule has 40 heavy (non-hydrogen) atoms. The maximum atomic E-state index is 14.1. The maximum absolute atomic E-state index is 14.1. The zero-order chi connectivity index (χ0) is 29.2. The Morgan fingerprint density at radius 1 is 1.27 bits per heavy atom. The largest absolute Gasteiger partial charge is 0.451 e. The Bertz CT molecular complexity index is 1470. The van der Waals surface area contributed by atoms with E-state index in [4.69, 9.17) is 4.42 Å². The predicted octanol–water partition coefficient (Wildman–Crippen LogP) is 2.26. The van der Waals surface area contributed by atoms with Crippen molar-refractivity contribution >= 4 is 43.6 Å². The zero-order valence-electron chi connectivity index (χ0n) is 22.5. The number of carbonyl (C=O) groups excluding carboxylic acids is 3. The normalized spacial score (nSPS) is 22.6. The van der Waals surface area contributed by atoms with Gasteiger partial charge in [-0.2, -0.15) is 8.42 Å². The molecule has 4 atom stereocenters. The number of nitrogens with one attached hydrogen (secondary N) is 2. The van der Waals surface area contributed by atoms with Crippen molar-refractivity contribution in [2.75, 3.05) is 6.54 Å². The number of Topliss-reactive ketones (excluding diaryl/α,β-unsaturated/α-hetero) is 1. The highest BCUT2D eigenvalue weighted by molar-refractivity contribution is 8.06. The van der Waals surface area contributed by atoms with Crippen LogP contribution in [0.3, 0.4) is 0 Å². The van der Waals surface area contributed by atoms with Crippen LogP contribution < -0.4 is 10.6 Å². The maximum Gasteiger partial charge on any atom is 0.288 e. The summed E-state index contributed by atoms with van der Waals surface area (Å²) in [6.45, 7) is 5.47. The summed E-state index contributed by atoms with van der Waals surface area (Å²) in [5, 5.41) is 16.1. The van der Waals surface area contributed by atoms with Gasteiger partial charge in [0.15, 0.2) is 11.5 Å². The molecule has 0 bridgehead atoms. The van der Waals surface area contributed by atoms with Gasteiger partial charge in [0.1, 0.15) is 17.4 Å². The van der Waals surface area contributed by atoms with Gasteiger partial charge in [-0.25, -0.2) is 13.7 Å². The molecule has 2 amide bonds. The molecule has 2 aliphatic heterocycles. The Kier molecular flexibility index (Phi) is 8.86. The van der Waals surface area contributed by atoms with Gasteiger partial charge in [-0.15, -0.1) is 0 Å². The summed E-state index contributed by atoms with van der Waals surface area (Å²) >= 11 is 0. The van der Waals surface area contributed by atoms with E-state index in [0.717, 1.165) is 0 Å². The van der Waals surface area contributed by atoms with Crippen LogP contribution in [0.2, 0.25) is 0 Å². The highest BCUT2D eigenvalue weighted by Crippen LogP contribution is 2.26. The quantitative estimate of drug-likeness (QED) is 0.472. The zero-order valence-corrected chi connectivity index (χ0v) is 23.3. The minimum Gasteiger partial charge on any atom is -0.451 e. The standard InChI is InChI=1S/C27H33FN4O7S/c1-15(2)11-19(31-25(35)24-13-17-12-18(28)7-9-23(17)39-24)27(36)32(20-8-6-16(3)30-14-22(20)34)40(37,38)26-21(33)5-4-10-29-26/h4,7,9-10,12-13,15-16,19-20,22,30,34H,5-6,8,11,14H2,1-3H3,(H,31,35)/t16-,19+,20+,22+/m1/s1. The molecule has 0 unspecified atom stereocenters. The number of halogens is 1. The van der Waals surface area contributed by atoms with Crippen LogP contribution in [-0.4, -0.2) is 71.2 Å². The first-order valence-electron chi connectivity index (χ1n) is 13.1. The second-order valence-corrected chi connectivity index (χ2v) is 12.3. The lowest BCUT2D eigenvalue weighted by atomic mass is 10.0. The van der Waals surface area contributed by atoms with Crippen molar-refractivity contribution in [3.05, 3.63) is 48.1 Å². The first kappa shape index (κ1) is 29.6. The molecule has 3 N–H and O–H groups in total. The first-order chi connectivity index (χ1) is 18.9. The van der Waals surface area contributed by atoms with E-state index in [2.05, 4.69) is 15.6 Å². The van der Waals surface area contributed by atoms with E-state index < -0.39 is 56.7 Å². The lowest BCUT2D eigenvalue weighted by Gasteiger charge is -2.35. The number of furan rings is 1. The highest BCUT2D eigenvalue weighted by atomic mass is 32.2. The molecule has 0 aliphatic carbocycles. The molecular weight excluding hydrogens is 543 g/mol. The number of nitrogens with zero attached hydrogens (tertiary/aromatic N) is 2. The molecular formula is C27H33FN4O7S. The summed E-state index contributed by atoms with van der Waals surface area (Å²) in [4.78, 5) is 43.7. The Labute approximate surface area is 231 Å². The van der Waals surface area contributed by atoms with E-state index in [-0.39, 0.29) is 49.1 Å². The van der Waals surface area contributed by atoms with Crippen LogP contribution in [0.5, 0.6) is 0 Å². The van der Waals surface area contributed by atoms with E-state index in [1.165, 1.54) is 36.5 Å². The minimum absolute atomic E-state index is 0.0161. The van der Waals surface area contributed by atoms with Crippen molar-refractivity contribution in [2.45, 2.75) is 70.7 Å². The number of allylic oxidation sites excluding steroid dienone is 1. The van der Waals surface area contributed by atoms with Gasteiger partial charge in [-0.05, 0) is 56.4 Å². The van der Waals surface area contributed by atoms with Gasteiger partial charge < -0.3 is 20.2 Å². The van der Waals surface area contributed by atoms with E-state index in [1.807, 2.05) is 6.92 Å².